The van der Waals surface area contributed by atoms with Crippen LogP contribution < -0.4 is 10.0 Å². The first-order valence-corrected chi connectivity index (χ1v) is 9.08. The molecule has 1 unspecified atom stereocenters. The first kappa shape index (κ1) is 16.3. The quantitative estimate of drug-likeness (QED) is 0.768. The Kier molecular flexibility index (Phi) is 6.60. The maximum absolute atomic E-state index is 12.2. The van der Waals surface area contributed by atoms with Crippen molar-refractivity contribution in [3.8, 4) is 0 Å². The number of nitrogens with one attached hydrogen (secondary N) is 2. The maximum Gasteiger partial charge on any atom is 0.240 e. The molecule has 0 spiro atoms. The minimum Gasteiger partial charge on any atom is -0.370 e. The number of sulfonamides is 1. The Hall–Kier alpha value is -0.790. The molecule has 0 amide bonds. The number of hydrogen-bond donors (Lipinski definition) is 2. The van der Waals surface area contributed by atoms with Crippen molar-refractivity contribution in [2.45, 2.75) is 31.2 Å². The molecule has 5 nitrogen and oxygen atoms in total. The SMILES string of the molecule is CCNc1cc(S(=O)(=O)NC(C)CCSC)ccn1. The lowest BCUT2D eigenvalue weighted by Crippen LogP contribution is -2.33. The zero-order valence-electron chi connectivity index (χ0n) is 11.5. The highest BCUT2D eigenvalue weighted by Gasteiger charge is 2.17. The monoisotopic (exact) mass is 303 g/mol. The Bertz CT molecular complexity index is 492. The fraction of sp³-hybridized carbons (Fsp3) is 0.583. The van der Waals surface area contributed by atoms with Crippen LogP contribution >= 0.6 is 11.8 Å². The van der Waals surface area contributed by atoms with Crippen LogP contribution in [0.15, 0.2) is 23.2 Å². The molecule has 0 saturated heterocycles. The highest BCUT2D eigenvalue weighted by molar-refractivity contribution is 7.98. The van der Waals surface area contributed by atoms with Gasteiger partial charge in [-0.2, -0.15) is 11.8 Å². The van der Waals surface area contributed by atoms with E-state index in [1.54, 1.807) is 17.8 Å². The van der Waals surface area contributed by atoms with Crippen LogP contribution in [0, 0.1) is 0 Å². The number of hydrogen-bond acceptors (Lipinski definition) is 5. The maximum atomic E-state index is 12.2. The van der Waals surface area contributed by atoms with Gasteiger partial charge in [0.05, 0.1) is 4.90 Å². The normalized spacial score (nSPS) is 13.2. The van der Waals surface area contributed by atoms with E-state index in [1.807, 2.05) is 20.1 Å². The Morgan fingerprint density at radius 1 is 1.47 bits per heavy atom. The predicted molar refractivity (Wildman–Crippen MR) is 81.2 cm³/mol. The average Bonchev–Trinajstić information content (AvgIpc) is 2.36. The van der Waals surface area contributed by atoms with Gasteiger partial charge >= 0.3 is 0 Å². The molecule has 0 fully saturated rings. The van der Waals surface area contributed by atoms with Gasteiger partial charge in [-0.1, -0.05) is 0 Å². The van der Waals surface area contributed by atoms with E-state index in [0.29, 0.717) is 12.4 Å². The van der Waals surface area contributed by atoms with Crippen LogP contribution in [0.25, 0.3) is 0 Å². The molecule has 0 aromatic carbocycles. The van der Waals surface area contributed by atoms with Crippen molar-refractivity contribution in [1.29, 1.82) is 0 Å². The van der Waals surface area contributed by atoms with Crippen molar-refractivity contribution in [2.75, 3.05) is 23.9 Å². The summed E-state index contributed by atoms with van der Waals surface area (Å²) in [6.07, 6.45) is 4.32. The van der Waals surface area contributed by atoms with E-state index in [-0.39, 0.29) is 10.9 Å². The molecule has 2 N–H and O–H groups in total. The Balaban J connectivity index is 2.79. The largest absolute Gasteiger partial charge is 0.370 e. The Labute approximate surface area is 119 Å². The summed E-state index contributed by atoms with van der Waals surface area (Å²) in [7, 11) is -3.47. The second-order valence-corrected chi connectivity index (χ2v) is 6.91. The molecule has 0 aliphatic carbocycles. The molecule has 108 valence electrons. The van der Waals surface area contributed by atoms with E-state index < -0.39 is 10.0 Å². The highest BCUT2D eigenvalue weighted by Crippen LogP contribution is 2.13. The van der Waals surface area contributed by atoms with E-state index in [1.165, 1.54) is 12.3 Å². The third-order valence-electron chi connectivity index (χ3n) is 2.51. The molecule has 0 aliphatic rings. The number of aromatic nitrogens is 1. The molecule has 1 atom stereocenters. The van der Waals surface area contributed by atoms with Crippen molar-refractivity contribution in [2.24, 2.45) is 0 Å². The van der Waals surface area contributed by atoms with Gasteiger partial charge in [0.25, 0.3) is 0 Å². The zero-order chi connectivity index (χ0) is 14.3. The van der Waals surface area contributed by atoms with E-state index >= 15 is 0 Å². The van der Waals surface area contributed by atoms with Gasteiger partial charge in [-0.25, -0.2) is 18.1 Å². The standard InChI is InChI=1S/C12H21N3O2S2/c1-4-13-12-9-11(5-7-14-12)19(16,17)15-10(2)6-8-18-3/h5,7,9-10,15H,4,6,8H2,1-3H3,(H,13,14). The van der Waals surface area contributed by atoms with Gasteiger partial charge in [0.15, 0.2) is 0 Å². The third kappa shape index (κ3) is 5.38. The average molecular weight is 303 g/mol. The highest BCUT2D eigenvalue weighted by atomic mass is 32.2. The van der Waals surface area contributed by atoms with Crippen molar-refractivity contribution >= 4 is 27.6 Å². The Morgan fingerprint density at radius 2 is 2.21 bits per heavy atom. The molecule has 0 aliphatic heterocycles. The van der Waals surface area contributed by atoms with Crippen molar-refractivity contribution < 1.29 is 8.42 Å². The van der Waals surface area contributed by atoms with Gasteiger partial charge in [-0.15, -0.1) is 0 Å². The van der Waals surface area contributed by atoms with Gasteiger partial charge in [-0.05, 0) is 38.3 Å². The molecular weight excluding hydrogens is 282 g/mol. The molecular formula is C12H21N3O2S2. The van der Waals surface area contributed by atoms with Crippen molar-refractivity contribution in [1.82, 2.24) is 9.71 Å². The zero-order valence-corrected chi connectivity index (χ0v) is 13.1. The minimum absolute atomic E-state index is 0.0757. The topological polar surface area (TPSA) is 71.1 Å². The molecule has 1 aromatic heterocycles. The Morgan fingerprint density at radius 3 is 2.84 bits per heavy atom. The van der Waals surface area contributed by atoms with Gasteiger partial charge in [0, 0.05) is 24.8 Å². The summed E-state index contributed by atoms with van der Waals surface area (Å²) < 4.78 is 27.1. The number of thioether (sulfide) groups is 1. The summed E-state index contributed by atoms with van der Waals surface area (Å²) in [4.78, 5) is 4.31. The third-order valence-corrected chi connectivity index (χ3v) is 4.74. The molecule has 19 heavy (non-hydrogen) atoms. The van der Waals surface area contributed by atoms with Crippen LogP contribution in [-0.2, 0) is 10.0 Å². The number of pyridine rings is 1. The van der Waals surface area contributed by atoms with Gasteiger partial charge in [0.2, 0.25) is 10.0 Å². The van der Waals surface area contributed by atoms with E-state index in [9.17, 15) is 8.42 Å². The minimum atomic E-state index is -3.47. The first-order chi connectivity index (χ1) is 8.99. The number of anilines is 1. The fourth-order valence-electron chi connectivity index (χ4n) is 1.54. The molecule has 1 aromatic rings. The molecule has 0 radical (unpaired) electrons. The molecule has 1 heterocycles. The lowest BCUT2D eigenvalue weighted by atomic mass is 10.3. The fourth-order valence-corrected chi connectivity index (χ4v) is 3.42. The predicted octanol–water partition coefficient (Wildman–Crippen LogP) is 1.93. The molecule has 0 saturated carbocycles. The molecule has 1 rings (SSSR count). The molecule has 7 heteroatoms. The van der Waals surface area contributed by atoms with Crippen LogP contribution in [0.2, 0.25) is 0 Å². The second kappa shape index (κ2) is 7.72. The van der Waals surface area contributed by atoms with Gasteiger partial charge in [0.1, 0.15) is 5.82 Å². The smallest absolute Gasteiger partial charge is 0.240 e. The van der Waals surface area contributed by atoms with E-state index in [0.717, 1.165) is 12.2 Å². The summed E-state index contributed by atoms with van der Waals surface area (Å²) >= 11 is 1.71. The van der Waals surface area contributed by atoms with E-state index in [2.05, 4.69) is 15.0 Å². The van der Waals surface area contributed by atoms with Crippen LogP contribution in [0.5, 0.6) is 0 Å². The lowest BCUT2D eigenvalue weighted by Gasteiger charge is -2.14. The lowest BCUT2D eigenvalue weighted by molar-refractivity contribution is 0.557. The van der Waals surface area contributed by atoms with Gasteiger partial charge in [-0.3, -0.25) is 0 Å². The molecule has 0 bridgehead atoms. The van der Waals surface area contributed by atoms with E-state index in [4.69, 9.17) is 0 Å². The van der Waals surface area contributed by atoms with Crippen molar-refractivity contribution in [3.63, 3.8) is 0 Å². The van der Waals surface area contributed by atoms with Crippen LogP contribution in [-0.4, -0.2) is 38.0 Å². The summed E-state index contributed by atoms with van der Waals surface area (Å²) in [5.41, 5.74) is 0. The van der Waals surface area contributed by atoms with Crippen LogP contribution in [0.3, 0.4) is 0 Å². The van der Waals surface area contributed by atoms with Crippen molar-refractivity contribution in [3.05, 3.63) is 18.3 Å². The first-order valence-electron chi connectivity index (χ1n) is 6.20. The summed E-state index contributed by atoms with van der Waals surface area (Å²) in [6.45, 7) is 4.51. The summed E-state index contributed by atoms with van der Waals surface area (Å²) in [6, 6.07) is 2.98. The van der Waals surface area contributed by atoms with Gasteiger partial charge < -0.3 is 5.32 Å². The summed E-state index contributed by atoms with van der Waals surface area (Å²) in [5.74, 6) is 1.50. The van der Waals surface area contributed by atoms with Crippen LogP contribution in [0.1, 0.15) is 20.3 Å². The second-order valence-electron chi connectivity index (χ2n) is 4.21. The summed E-state index contributed by atoms with van der Waals surface area (Å²) in [5, 5.41) is 3.00. The van der Waals surface area contributed by atoms with Crippen LogP contribution in [0.4, 0.5) is 5.82 Å². The number of rotatable bonds is 8. The number of nitrogens with zero attached hydrogens (tertiary/aromatic N) is 1.